The van der Waals surface area contributed by atoms with Gasteiger partial charge in [0.25, 0.3) is 5.91 Å². The van der Waals surface area contributed by atoms with Gasteiger partial charge in [-0.3, -0.25) is 19.2 Å². The molecule has 0 aliphatic heterocycles. The summed E-state index contributed by atoms with van der Waals surface area (Å²) in [4.78, 5) is 46.4. The lowest BCUT2D eigenvalue weighted by molar-refractivity contribution is -0.144. The molecule has 0 saturated carbocycles. The normalized spacial score (nSPS) is 12.6. The van der Waals surface area contributed by atoms with Crippen LogP contribution in [-0.2, 0) is 19.1 Å². The SMILES string of the molecule is CCOC(=O)C[C@H](C)[C@H](NC(=O)c1ccc(NC(C)=O)cc1)C(N)=O. The number of carbonyl (C=O) groups is 4. The van der Waals surface area contributed by atoms with Crippen molar-refractivity contribution in [2.75, 3.05) is 11.9 Å². The molecule has 0 aliphatic rings. The van der Waals surface area contributed by atoms with Gasteiger partial charge in [0.05, 0.1) is 13.0 Å². The highest BCUT2D eigenvalue weighted by molar-refractivity contribution is 5.98. The first-order valence-corrected chi connectivity index (χ1v) is 7.88. The third-order valence-corrected chi connectivity index (χ3v) is 3.42. The first-order valence-electron chi connectivity index (χ1n) is 7.88. The van der Waals surface area contributed by atoms with Crippen LogP contribution in [0, 0.1) is 5.92 Å². The summed E-state index contributed by atoms with van der Waals surface area (Å²) in [5.74, 6) is -2.44. The number of nitrogens with one attached hydrogen (secondary N) is 2. The molecule has 0 radical (unpaired) electrons. The van der Waals surface area contributed by atoms with Crippen molar-refractivity contribution < 1.29 is 23.9 Å². The van der Waals surface area contributed by atoms with Gasteiger partial charge in [0.2, 0.25) is 11.8 Å². The van der Waals surface area contributed by atoms with Crippen molar-refractivity contribution in [2.45, 2.75) is 33.2 Å². The fourth-order valence-electron chi connectivity index (χ4n) is 2.23. The molecule has 0 spiro atoms. The van der Waals surface area contributed by atoms with Crippen LogP contribution in [0.3, 0.4) is 0 Å². The predicted octanol–water partition coefficient (Wildman–Crippen LogP) is 0.818. The summed E-state index contributed by atoms with van der Waals surface area (Å²) in [7, 11) is 0. The second-order valence-electron chi connectivity index (χ2n) is 5.60. The molecule has 1 rings (SSSR count). The zero-order valence-corrected chi connectivity index (χ0v) is 14.5. The number of anilines is 1. The monoisotopic (exact) mass is 349 g/mol. The summed E-state index contributed by atoms with van der Waals surface area (Å²) in [5, 5.41) is 5.12. The maximum Gasteiger partial charge on any atom is 0.306 e. The van der Waals surface area contributed by atoms with E-state index in [9.17, 15) is 19.2 Å². The molecule has 25 heavy (non-hydrogen) atoms. The van der Waals surface area contributed by atoms with Gasteiger partial charge in [-0.1, -0.05) is 6.92 Å². The summed E-state index contributed by atoms with van der Waals surface area (Å²) < 4.78 is 4.84. The van der Waals surface area contributed by atoms with Crippen LogP contribution >= 0.6 is 0 Å². The van der Waals surface area contributed by atoms with Gasteiger partial charge in [0, 0.05) is 18.2 Å². The number of carbonyl (C=O) groups excluding carboxylic acids is 4. The Bertz CT molecular complexity index is 642. The van der Waals surface area contributed by atoms with Crippen LogP contribution in [-0.4, -0.2) is 36.3 Å². The van der Waals surface area contributed by atoms with Gasteiger partial charge in [0.15, 0.2) is 0 Å². The number of hydrogen-bond donors (Lipinski definition) is 3. The molecule has 0 saturated heterocycles. The number of ether oxygens (including phenoxy) is 1. The molecule has 2 atom stereocenters. The van der Waals surface area contributed by atoms with Gasteiger partial charge >= 0.3 is 5.97 Å². The quantitative estimate of drug-likeness (QED) is 0.599. The molecular formula is C17H23N3O5. The summed E-state index contributed by atoms with van der Waals surface area (Å²) in [6.07, 6.45) is -0.0385. The summed E-state index contributed by atoms with van der Waals surface area (Å²) in [5.41, 5.74) is 6.18. The van der Waals surface area contributed by atoms with E-state index in [1.54, 1.807) is 26.0 Å². The number of primary amides is 1. The Kier molecular flexibility index (Phi) is 7.58. The summed E-state index contributed by atoms with van der Waals surface area (Å²) >= 11 is 0. The molecule has 8 heteroatoms. The van der Waals surface area contributed by atoms with Crippen molar-refractivity contribution in [3.63, 3.8) is 0 Å². The number of benzene rings is 1. The fourth-order valence-corrected chi connectivity index (χ4v) is 2.23. The predicted molar refractivity (Wildman–Crippen MR) is 91.6 cm³/mol. The highest BCUT2D eigenvalue weighted by Crippen LogP contribution is 2.13. The minimum atomic E-state index is -1.01. The van der Waals surface area contributed by atoms with Crippen molar-refractivity contribution >= 4 is 29.4 Å². The van der Waals surface area contributed by atoms with Crippen LogP contribution in [0.15, 0.2) is 24.3 Å². The van der Waals surface area contributed by atoms with Crippen LogP contribution in [0.2, 0.25) is 0 Å². The molecule has 0 aromatic heterocycles. The van der Waals surface area contributed by atoms with E-state index in [1.807, 2.05) is 0 Å². The topological polar surface area (TPSA) is 128 Å². The minimum absolute atomic E-state index is 0.0385. The third kappa shape index (κ3) is 6.62. The van der Waals surface area contributed by atoms with Crippen molar-refractivity contribution in [3.8, 4) is 0 Å². The number of hydrogen-bond acceptors (Lipinski definition) is 5. The Hall–Kier alpha value is -2.90. The molecule has 1 aromatic carbocycles. The minimum Gasteiger partial charge on any atom is -0.466 e. The van der Waals surface area contributed by atoms with Crippen LogP contribution < -0.4 is 16.4 Å². The standard InChI is InChI=1S/C17H23N3O5/c1-4-25-14(22)9-10(2)15(16(18)23)20-17(24)12-5-7-13(8-6-12)19-11(3)21/h5-8,10,15H,4,9H2,1-3H3,(H2,18,23)(H,19,21)(H,20,24)/t10-,15-/m0/s1. The number of amides is 3. The molecule has 4 N–H and O–H groups in total. The first kappa shape index (κ1) is 20.1. The van der Waals surface area contributed by atoms with Gasteiger partial charge in [-0.25, -0.2) is 0 Å². The Morgan fingerprint density at radius 1 is 1.16 bits per heavy atom. The van der Waals surface area contributed by atoms with Crippen molar-refractivity contribution in [2.24, 2.45) is 11.7 Å². The highest BCUT2D eigenvalue weighted by atomic mass is 16.5. The smallest absolute Gasteiger partial charge is 0.306 e. The highest BCUT2D eigenvalue weighted by Gasteiger charge is 2.27. The lowest BCUT2D eigenvalue weighted by Crippen LogP contribution is -2.49. The second-order valence-corrected chi connectivity index (χ2v) is 5.60. The van der Waals surface area contributed by atoms with E-state index < -0.39 is 29.7 Å². The van der Waals surface area contributed by atoms with Crippen LogP contribution in [0.25, 0.3) is 0 Å². The molecule has 8 nitrogen and oxygen atoms in total. The summed E-state index contributed by atoms with van der Waals surface area (Å²) in [6, 6.07) is 5.14. The van der Waals surface area contributed by atoms with E-state index in [4.69, 9.17) is 10.5 Å². The molecule has 0 unspecified atom stereocenters. The Labute approximate surface area is 146 Å². The van der Waals surface area contributed by atoms with E-state index in [0.29, 0.717) is 11.3 Å². The molecule has 136 valence electrons. The summed E-state index contributed by atoms with van der Waals surface area (Å²) in [6.45, 7) is 4.93. The number of rotatable bonds is 8. The van der Waals surface area contributed by atoms with Crippen molar-refractivity contribution in [3.05, 3.63) is 29.8 Å². The maximum atomic E-state index is 12.3. The van der Waals surface area contributed by atoms with Crippen LogP contribution in [0.1, 0.15) is 37.6 Å². The molecule has 0 fully saturated rings. The van der Waals surface area contributed by atoms with Crippen LogP contribution in [0.4, 0.5) is 5.69 Å². The fraction of sp³-hybridized carbons (Fsp3) is 0.412. The van der Waals surface area contributed by atoms with Crippen molar-refractivity contribution in [1.29, 1.82) is 0 Å². The van der Waals surface area contributed by atoms with E-state index in [-0.39, 0.29) is 18.9 Å². The van der Waals surface area contributed by atoms with Gasteiger partial charge in [-0.15, -0.1) is 0 Å². The average Bonchev–Trinajstić information content (AvgIpc) is 2.52. The first-order chi connectivity index (χ1) is 11.7. The lowest BCUT2D eigenvalue weighted by Gasteiger charge is -2.21. The molecule has 3 amide bonds. The third-order valence-electron chi connectivity index (χ3n) is 3.42. The molecule has 0 aliphatic carbocycles. The Morgan fingerprint density at radius 2 is 1.76 bits per heavy atom. The van der Waals surface area contributed by atoms with Gasteiger partial charge in [-0.05, 0) is 37.1 Å². The van der Waals surface area contributed by atoms with Crippen LogP contribution in [0.5, 0.6) is 0 Å². The largest absolute Gasteiger partial charge is 0.466 e. The van der Waals surface area contributed by atoms with E-state index in [2.05, 4.69) is 10.6 Å². The number of nitrogens with two attached hydrogens (primary N) is 1. The maximum absolute atomic E-state index is 12.3. The van der Waals surface area contributed by atoms with E-state index in [1.165, 1.54) is 19.1 Å². The zero-order chi connectivity index (χ0) is 19.0. The molecule has 1 aromatic rings. The zero-order valence-electron chi connectivity index (χ0n) is 14.5. The van der Waals surface area contributed by atoms with Gasteiger partial charge in [-0.2, -0.15) is 0 Å². The Balaban J connectivity index is 2.77. The molecule has 0 heterocycles. The van der Waals surface area contributed by atoms with E-state index in [0.717, 1.165) is 0 Å². The molecular weight excluding hydrogens is 326 g/mol. The van der Waals surface area contributed by atoms with Gasteiger partial charge in [0.1, 0.15) is 6.04 Å². The van der Waals surface area contributed by atoms with E-state index >= 15 is 0 Å². The van der Waals surface area contributed by atoms with Crippen molar-refractivity contribution in [1.82, 2.24) is 5.32 Å². The lowest BCUT2D eigenvalue weighted by atomic mass is 9.97. The number of esters is 1. The second kappa shape index (κ2) is 9.41. The Morgan fingerprint density at radius 3 is 2.24 bits per heavy atom. The average molecular weight is 349 g/mol. The molecule has 0 bridgehead atoms. The van der Waals surface area contributed by atoms with Gasteiger partial charge < -0.3 is 21.1 Å².